The lowest BCUT2D eigenvalue weighted by molar-refractivity contribution is -0.122. The highest BCUT2D eigenvalue weighted by Gasteiger charge is 2.31. The van der Waals surface area contributed by atoms with Gasteiger partial charge in [0.1, 0.15) is 5.75 Å². The number of fused-ring (bicyclic) bond motifs is 1. The summed E-state index contributed by atoms with van der Waals surface area (Å²) in [6, 6.07) is 11.4. The zero-order chi connectivity index (χ0) is 18.9. The van der Waals surface area contributed by atoms with Crippen molar-refractivity contribution in [2.24, 2.45) is 0 Å². The van der Waals surface area contributed by atoms with Gasteiger partial charge in [0.05, 0.1) is 11.9 Å². The summed E-state index contributed by atoms with van der Waals surface area (Å²) in [6.07, 6.45) is 0.427. The summed E-state index contributed by atoms with van der Waals surface area (Å²) in [5.74, 6) is -0.105. The zero-order valence-electron chi connectivity index (χ0n) is 13.8. The van der Waals surface area contributed by atoms with Crippen LogP contribution in [0.3, 0.4) is 0 Å². The number of ether oxygens (including phenoxy) is 1. The number of rotatable bonds is 3. The number of carbonyl (C=O) groups is 1. The zero-order valence-corrected chi connectivity index (χ0v) is 16.1. The topological polar surface area (TPSA) is 75.7 Å². The summed E-state index contributed by atoms with van der Waals surface area (Å²) in [6.45, 7) is 0.0970. The summed E-state index contributed by atoms with van der Waals surface area (Å²) in [5.41, 5.74) is 0.852. The van der Waals surface area contributed by atoms with Crippen LogP contribution in [0.2, 0.25) is 10.0 Å². The summed E-state index contributed by atoms with van der Waals surface area (Å²) < 4.78 is 31.2. The van der Waals surface area contributed by atoms with E-state index in [0.29, 0.717) is 21.4 Å². The van der Waals surface area contributed by atoms with Gasteiger partial charge in [-0.25, -0.2) is 8.42 Å². The highest BCUT2D eigenvalue weighted by Crippen LogP contribution is 2.36. The number of benzene rings is 2. The van der Waals surface area contributed by atoms with E-state index in [1.165, 1.54) is 10.4 Å². The second-order valence-corrected chi connectivity index (χ2v) is 8.62. The predicted molar refractivity (Wildman–Crippen MR) is 103 cm³/mol. The molecule has 2 aromatic carbocycles. The Morgan fingerprint density at radius 2 is 1.92 bits per heavy atom. The third-order valence-corrected chi connectivity index (χ3v) is 5.49. The van der Waals surface area contributed by atoms with Gasteiger partial charge in [0.15, 0.2) is 6.10 Å². The lowest BCUT2D eigenvalue weighted by atomic mass is 10.2. The van der Waals surface area contributed by atoms with Crippen LogP contribution in [0.5, 0.6) is 5.75 Å². The lowest BCUT2D eigenvalue weighted by Crippen LogP contribution is -2.35. The molecule has 2 aromatic rings. The highest BCUT2D eigenvalue weighted by molar-refractivity contribution is 7.92. The Kier molecular flexibility index (Phi) is 5.32. The number of amides is 1. The van der Waals surface area contributed by atoms with E-state index in [-0.39, 0.29) is 24.6 Å². The van der Waals surface area contributed by atoms with Crippen LogP contribution in [0.1, 0.15) is 6.42 Å². The van der Waals surface area contributed by atoms with Crippen molar-refractivity contribution in [1.29, 1.82) is 0 Å². The van der Waals surface area contributed by atoms with Crippen molar-refractivity contribution in [3.05, 3.63) is 52.5 Å². The van der Waals surface area contributed by atoms with E-state index in [1.54, 1.807) is 36.4 Å². The number of hydrogen-bond acceptors (Lipinski definition) is 4. The normalized spacial score (nSPS) is 17.0. The Balaban J connectivity index is 1.88. The van der Waals surface area contributed by atoms with Crippen LogP contribution in [0.15, 0.2) is 42.5 Å². The Labute approximate surface area is 161 Å². The van der Waals surface area contributed by atoms with Gasteiger partial charge in [0, 0.05) is 28.7 Å². The maximum atomic E-state index is 12.6. The summed E-state index contributed by atoms with van der Waals surface area (Å²) in [7, 11) is -3.55. The number of hydrogen-bond donors (Lipinski definition) is 1. The van der Waals surface area contributed by atoms with Crippen LogP contribution in [0, 0.1) is 0 Å². The summed E-state index contributed by atoms with van der Waals surface area (Å²) >= 11 is 11.9. The van der Waals surface area contributed by atoms with Crippen molar-refractivity contribution in [3.63, 3.8) is 0 Å². The molecule has 1 atom stereocenters. The molecule has 0 fully saturated rings. The fraction of sp³-hybridized carbons (Fsp3) is 0.235. The Bertz CT molecular complexity index is 950. The summed E-state index contributed by atoms with van der Waals surface area (Å²) in [4.78, 5) is 12.6. The molecular formula is C17H16Cl2N2O4S. The molecule has 26 heavy (non-hydrogen) atoms. The third-order valence-electron chi connectivity index (χ3n) is 3.84. The molecule has 6 nitrogen and oxygen atoms in total. The van der Waals surface area contributed by atoms with Gasteiger partial charge in [-0.05, 0) is 36.4 Å². The van der Waals surface area contributed by atoms with E-state index < -0.39 is 16.1 Å². The molecule has 1 heterocycles. The minimum atomic E-state index is -3.55. The number of anilines is 2. The monoisotopic (exact) mass is 414 g/mol. The Hall–Kier alpha value is -1.96. The minimum Gasteiger partial charge on any atom is -0.478 e. The molecule has 0 radical (unpaired) electrons. The first-order chi connectivity index (χ1) is 12.2. The van der Waals surface area contributed by atoms with Gasteiger partial charge in [0.2, 0.25) is 10.0 Å². The van der Waals surface area contributed by atoms with E-state index in [9.17, 15) is 13.2 Å². The molecule has 0 aliphatic carbocycles. The molecule has 9 heteroatoms. The minimum absolute atomic E-state index is 0.0970. The van der Waals surface area contributed by atoms with Crippen molar-refractivity contribution in [2.75, 3.05) is 22.4 Å². The third kappa shape index (κ3) is 4.23. The van der Waals surface area contributed by atoms with E-state index in [0.717, 1.165) is 6.26 Å². The molecule has 0 saturated carbocycles. The van der Waals surface area contributed by atoms with Crippen LogP contribution >= 0.6 is 23.2 Å². The van der Waals surface area contributed by atoms with Crippen LogP contribution in [-0.2, 0) is 14.8 Å². The van der Waals surface area contributed by atoms with Gasteiger partial charge in [-0.2, -0.15) is 0 Å². The van der Waals surface area contributed by atoms with Crippen molar-refractivity contribution >= 4 is 50.5 Å². The first-order valence-corrected chi connectivity index (χ1v) is 10.3. The van der Waals surface area contributed by atoms with Gasteiger partial charge < -0.3 is 10.1 Å². The van der Waals surface area contributed by atoms with Gasteiger partial charge in [-0.15, -0.1) is 0 Å². The van der Waals surface area contributed by atoms with Crippen molar-refractivity contribution in [2.45, 2.75) is 12.5 Å². The molecular weight excluding hydrogens is 399 g/mol. The van der Waals surface area contributed by atoms with Gasteiger partial charge >= 0.3 is 0 Å². The number of carbonyl (C=O) groups excluding carboxylic acids is 1. The van der Waals surface area contributed by atoms with Gasteiger partial charge in [-0.3, -0.25) is 9.10 Å². The first-order valence-electron chi connectivity index (χ1n) is 7.74. The van der Waals surface area contributed by atoms with Gasteiger partial charge in [-0.1, -0.05) is 29.3 Å². The second-order valence-electron chi connectivity index (χ2n) is 5.84. The maximum absolute atomic E-state index is 12.6. The second kappa shape index (κ2) is 7.34. The fourth-order valence-electron chi connectivity index (χ4n) is 2.67. The standard InChI is InChI=1S/C17H16Cl2N2O4S/c1-26(23,24)21-8-7-16(25-15-6-5-12(19)10-14(15)21)17(22)20-13-4-2-3-11(18)9-13/h2-6,9-10,16H,7-8H2,1H3,(H,20,22). The SMILES string of the molecule is CS(=O)(=O)N1CCC(C(=O)Nc2cccc(Cl)c2)Oc2ccc(Cl)cc21. The number of sulfonamides is 1. The quantitative estimate of drug-likeness (QED) is 0.832. The maximum Gasteiger partial charge on any atom is 0.265 e. The smallest absolute Gasteiger partial charge is 0.265 e. The molecule has 1 amide bonds. The van der Waals surface area contributed by atoms with E-state index in [1.807, 2.05) is 0 Å². The molecule has 138 valence electrons. The van der Waals surface area contributed by atoms with Crippen LogP contribution in [-0.4, -0.2) is 33.2 Å². The molecule has 3 rings (SSSR count). The molecule has 0 aromatic heterocycles. The highest BCUT2D eigenvalue weighted by atomic mass is 35.5. The molecule has 0 spiro atoms. The largest absolute Gasteiger partial charge is 0.478 e. The molecule has 1 unspecified atom stereocenters. The number of nitrogens with one attached hydrogen (secondary N) is 1. The molecule has 1 aliphatic rings. The fourth-order valence-corrected chi connectivity index (χ4v) is 3.96. The Morgan fingerprint density at radius 1 is 1.19 bits per heavy atom. The van der Waals surface area contributed by atoms with Gasteiger partial charge in [0.25, 0.3) is 5.91 Å². The first kappa shape index (κ1) is 18.8. The lowest BCUT2D eigenvalue weighted by Gasteiger charge is -2.21. The average Bonchev–Trinajstić information content (AvgIpc) is 2.73. The molecule has 1 aliphatic heterocycles. The number of nitrogens with zero attached hydrogens (tertiary/aromatic N) is 1. The predicted octanol–water partition coefficient (Wildman–Crippen LogP) is 3.55. The Morgan fingerprint density at radius 3 is 2.62 bits per heavy atom. The van der Waals surface area contributed by atoms with Crippen molar-refractivity contribution in [3.8, 4) is 5.75 Å². The molecule has 0 saturated heterocycles. The molecule has 1 N–H and O–H groups in total. The van der Waals surface area contributed by atoms with E-state index in [4.69, 9.17) is 27.9 Å². The van der Waals surface area contributed by atoms with E-state index in [2.05, 4.69) is 5.32 Å². The van der Waals surface area contributed by atoms with Crippen LogP contribution in [0.25, 0.3) is 0 Å². The van der Waals surface area contributed by atoms with Crippen LogP contribution < -0.4 is 14.4 Å². The number of halogens is 2. The van der Waals surface area contributed by atoms with E-state index >= 15 is 0 Å². The summed E-state index contributed by atoms with van der Waals surface area (Å²) in [5, 5.41) is 3.60. The van der Waals surface area contributed by atoms with Crippen LogP contribution in [0.4, 0.5) is 11.4 Å². The molecule has 0 bridgehead atoms. The van der Waals surface area contributed by atoms with Crippen molar-refractivity contribution in [1.82, 2.24) is 0 Å². The average molecular weight is 415 g/mol. The van der Waals surface area contributed by atoms with Crippen molar-refractivity contribution < 1.29 is 17.9 Å².